The molecule has 7 heteroatoms. The second-order valence-electron chi connectivity index (χ2n) is 7.00. The predicted molar refractivity (Wildman–Crippen MR) is 108 cm³/mol. The molecular weight excluding hydrogens is 354 g/mol. The van der Waals surface area contributed by atoms with Crippen LogP contribution in [0.3, 0.4) is 0 Å². The van der Waals surface area contributed by atoms with Crippen molar-refractivity contribution in [3.05, 3.63) is 54.2 Å². The molecule has 7 nitrogen and oxygen atoms in total. The number of nitrogens with zero attached hydrogens (tertiary/aromatic N) is 5. The van der Waals surface area contributed by atoms with Gasteiger partial charge in [0.2, 0.25) is 11.9 Å². The molecule has 0 aliphatic carbocycles. The minimum Gasteiger partial charge on any atom is -0.497 e. The Balaban J connectivity index is 1.34. The Labute approximate surface area is 164 Å². The van der Waals surface area contributed by atoms with E-state index in [0.717, 1.165) is 55.4 Å². The lowest BCUT2D eigenvalue weighted by Gasteiger charge is -2.22. The van der Waals surface area contributed by atoms with Crippen molar-refractivity contribution < 1.29 is 9.53 Å². The monoisotopic (exact) mass is 379 g/mol. The highest BCUT2D eigenvalue weighted by atomic mass is 16.5. The summed E-state index contributed by atoms with van der Waals surface area (Å²) in [5.41, 5.74) is 2.00. The number of fused-ring (bicyclic) bond motifs is 1. The number of aromatic nitrogens is 3. The lowest BCUT2D eigenvalue weighted by Crippen LogP contribution is -2.35. The van der Waals surface area contributed by atoms with Crippen LogP contribution in [0.25, 0.3) is 5.65 Å². The molecule has 3 heterocycles. The Hall–Kier alpha value is -3.09. The summed E-state index contributed by atoms with van der Waals surface area (Å²) in [7, 11) is 1.66. The summed E-state index contributed by atoms with van der Waals surface area (Å²) in [6, 6.07) is 13.8. The second kappa shape index (κ2) is 8.29. The van der Waals surface area contributed by atoms with Crippen LogP contribution in [0.4, 0.5) is 5.95 Å². The van der Waals surface area contributed by atoms with E-state index in [2.05, 4.69) is 15.1 Å². The van der Waals surface area contributed by atoms with E-state index in [4.69, 9.17) is 4.74 Å². The number of methoxy groups -OCH3 is 1. The van der Waals surface area contributed by atoms with Gasteiger partial charge in [-0.3, -0.25) is 9.20 Å². The zero-order chi connectivity index (χ0) is 19.3. The first kappa shape index (κ1) is 18.3. The van der Waals surface area contributed by atoms with E-state index in [1.165, 1.54) is 0 Å². The molecule has 0 unspecified atom stereocenters. The lowest BCUT2D eigenvalue weighted by atomic mass is 10.1. The molecule has 1 saturated heterocycles. The van der Waals surface area contributed by atoms with E-state index in [0.29, 0.717) is 13.0 Å². The third kappa shape index (κ3) is 3.93. The number of benzene rings is 1. The van der Waals surface area contributed by atoms with Crippen LogP contribution in [0, 0.1) is 0 Å². The van der Waals surface area contributed by atoms with Crippen molar-refractivity contribution in [1.82, 2.24) is 19.5 Å². The topological polar surface area (TPSA) is 63.0 Å². The van der Waals surface area contributed by atoms with Gasteiger partial charge in [0.25, 0.3) is 0 Å². The lowest BCUT2D eigenvalue weighted by molar-refractivity contribution is -0.130. The number of carbonyl (C=O) groups excluding carboxylic acids is 1. The minimum atomic E-state index is 0.212. The molecule has 0 N–H and O–H groups in total. The summed E-state index contributed by atoms with van der Waals surface area (Å²) in [6.07, 6.45) is 4.18. The molecule has 2 aromatic heterocycles. The van der Waals surface area contributed by atoms with Crippen molar-refractivity contribution in [1.29, 1.82) is 0 Å². The summed E-state index contributed by atoms with van der Waals surface area (Å²) < 4.78 is 7.18. The molecule has 0 spiro atoms. The number of ether oxygens (including phenoxy) is 1. The van der Waals surface area contributed by atoms with Gasteiger partial charge in [-0.15, -0.1) is 10.2 Å². The Morgan fingerprint density at radius 2 is 1.89 bits per heavy atom. The fourth-order valence-electron chi connectivity index (χ4n) is 3.61. The van der Waals surface area contributed by atoms with Gasteiger partial charge in [0.15, 0.2) is 5.65 Å². The summed E-state index contributed by atoms with van der Waals surface area (Å²) in [6.45, 7) is 3.14. The van der Waals surface area contributed by atoms with Gasteiger partial charge in [-0.2, -0.15) is 0 Å². The summed E-state index contributed by atoms with van der Waals surface area (Å²) in [5.74, 6) is 1.90. The average Bonchev–Trinajstić information content (AvgIpc) is 3.02. The average molecular weight is 379 g/mol. The number of rotatable bonds is 5. The van der Waals surface area contributed by atoms with E-state index in [1.54, 1.807) is 7.11 Å². The normalized spacial score (nSPS) is 14.9. The number of amides is 1. The smallest absolute Gasteiger partial charge is 0.231 e. The van der Waals surface area contributed by atoms with Gasteiger partial charge in [0.05, 0.1) is 7.11 Å². The number of aryl methyl sites for hydroxylation is 1. The molecule has 0 saturated carbocycles. The van der Waals surface area contributed by atoms with Crippen LogP contribution in [-0.2, 0) is 11.2 Å². The van der Waals surface area contributed by atoms with Gasteiger partial charge in [-0.05, 0) is 42.7 Å². The summed E-state index contributed by atoms with van der Waals surface area (Å²) in [4.78, 5) is 16.9. The van der Waals surface area contributed by atoms with Crippen molar-refractivity contribution in [3.8, 4) is 5.75 Å². The molecule has 1 aromatic carbocycles. The first-order valence-electron chi connectivity index (χ1n) is 9.70. The zero-order valence-corrected chi connectivity index (χ0v) is 16.1. The first-order valence-corrected chi connectivity index (χ1v) is 9.70. The maximum absolute atomic E-state index is 12.7. The second-order valence-corrected chi connectivity index (χ2v) is 7.00. The Kier molecular flexibility index (Phi) is 5.41. The van der Waals surface area contributed by atoms with Gasteiger partial charge in [0, 0.05) is 38.8 Å². The molecule has 1 fully saturated rings. The Bertz CT molecular complexity index is 937. The van der Waals surface area contributed by atoms with Crippen LogP contribution in [0.2, 0.25) is 0 Å². The molecular formula is C21H25N5O2. The van der Waals surface area contributed by atoms with Crippen LogP contribution in [0.1, 0.15) is 18.4 Å². The minimum absolute atomic E-state index is 0.212. The van der Waals surface area contributed by atoms with E-state index in [-0.39, 0.29) is 5.91 Å². The Morgan fingerprint density at radius 3 is 2.71 bits per heavy atom. The molecule has 4 rings (SSSR count). The number of hydrogen-bond donors (Lipinski definition) is 0. The van der Waals surface area contributed by atoms with Gasteiger partial charge in [-0.1, -0.05) is 18.2 Å². The van der Waals surface area contributed by atoms with Crippen LogP contribution in [0.5, 0.6) is 5.75 Å². The molecule has 1 amide bonds. The molecule has 1 aliphatic heterocycles. The van der Waals surface area contributed by atoms with E-state index in [9.17, 15) is 4.79 Å². The van der Waals surface area contributed by atoms with Crippen molar-refractivity contribution >= 4 is 17.5 Å². The fourth-order valence-corrected chi connectivity index (χ4v) is 3.61. The summed E-state index contributed by atoms with van der Waals surface area (Å²) in [5, 5.41) is 8.58. The molecule has 0 atom stereocenters. The van der Waals surface area contributed by atoms with Crippen molar-refractivity contribution in [2.75, 3.05) is 38.2 Å². The molecule has 3 aromatic rings. The SMILES string of the molecule is COc1ccc(CCC(=O)N2CCCN(c3nnc4ccccn34)CC2)cc1. The highest BCUT2D eigenvalue weighted by Gasteiger charge is 2.21. The summed E-state index contributed by atoms with van der Waals surface area (Å²) >= 11 is 0. The highest BCUT2D eigenvalue weighted by molar-refractivity contribution is 5.76. The fraction of sp³-hybridized carbons (Fsp3) is 0.381. The molecule has 0 radical (unpaired) electrons. The van der Waals surface area contributed by atoms with Crippen molar-refractivity contribution in [2.24, 2.45) is 0 Å². The van der Waals surface area contributed by atoms with Crippen molar-refractivity contribution in [2.45, 2.75) is 19.3 Å². The maximum atomic E-state index is 12.7. The maximum Gasteiger partial charge on any atom is 0.231 e. The quantitative estimate of drug-likeness (QED) is 0.681. The van der Waals surface area contributed by atoms with Crippen molar-refractivity contribution in [3.63, 3.8) is 0 Å². The number of hydrogen-bond acceptors (Lipinski definition) is 5. The molecule has 146 valence electrons. The largest absolute Gasteiger partial charge is 0.497 e. The Morgan fingerprint density at radius 1 is 1.04 bits per heavy atom. The predicted octanol–water partition coefficient (Wildman–Crippen LogP) is 2.41. The number of carbonyl (C=O) groups is 1. The highest BCUT2D eigenvalue weighted by Crippen LogP contribution is 2.17. The van der Waals surface area contributed by atoms with Gasteiger partial charge >= 0.3 is 0 Å². The number of pyridine rings is 1. The van der Waals surface area contributed by atoms with Crippen LogP contribution in [0.15, 0.2) is 48.7 Å². The first-order chi connectivity index (χ1) is 13.7. The van der Waals surface area contributed by atoms with Gasteiger partial charge < -0.3 is 14.5 Å². The van der Waals surface area contributed by atoms with E-state index in [1.807, 2.05) is 58.0 Å². The van der Waals surface area contributed by atoms with E-state index >= 15 is 0 Å². The number of anilines is 1. The standard InChI is InChI=1S/C21H25N5O2/c1-28-18-9-6-17(7-10-18)8-11-20(27)24-12-4-13-25(16-15-24)21-23-22-19-5-2-3-14-26(19)21/h2-3,5-7,9-10,14H,4,8,11-13,15-16H2,1H3. The van der Waals surface area contributed by atoms with Crippen LogP contribution >= 0.6 is 0 Å². The van der Waals surface area contributed by atoms with Gasteiger partial charge in [-0.25, -0.2) is 0 Å². The molecule has 28 heavy (non-hydrogen) atoms. The zero-order valence-electron chi connectivity index (χ0n) is 16.1. The third-order valence-electron chi connectivity index (χ3n) is 5.21. The third-order valence-corrected chi connectivity index (χ3v) is 5.21. The molecule has 0 bridgehead atoms. The molecule has 1 aliphatic rings. The van der Waals surface area contributed by atoms with E-state index < -0.39 is 0 Å². The van der Waals surface area contributed by atoms with Crippen LogP contribution in [-0.4, -0.2) is 58.7 Å². The van der Waals surface area contributed by atoms with Crippen LogP contribution < -0.4 is 9.64 Å². The van der Waals surface area contributed by atoms with Gasteiger partial charge in [0.1, 0.15) is 5.75 Å².